The van der Waals surface area contributed by atoms with E-state index in [0.717, 1.165) is 25.6 Å². The SMILES string of the molecule is COC1CN(c2ncc(/C=C/C(=O)O)cn2)CCC1C. The van der Waals surface area contributed by atoms with Crippen molar-refractivity contribution in [2.24, 2.45) is 5.92 Å². The lowest BCUT2D eigenvalue weighted by Gasteiger charge is -2.36. The van der Waals surface area contributed by atoms with Crippen LogP contribution in [0.4, 0.5) is 5.95 Å². The standard InChI is InChI=1S/C14H19N3O3/c1-10-5-6-17(9-12(10)20-2)14-15-7-11(8-16-14)3-4-13(18)19/h3-4,7-8,10,12H,5-6,9H2,1-2H3,(H,18,19)/b4-3+. The van der Waals surface area contributed by atoms with Crippen LogP contribution in [0.25, 0.3) is 6.08 Å². The van der Waals surface area contributed by atoms with E-state index in [2.05, 4.69) is 21.8 Å². The number of carbonyl (C=O) groups is 1. The molecule has 0 saturated carbocycles. The Kier molecular flexibility index (Phi) is 4.68. The highest BCUT2D eigenvalue weighted by molar-refractivity contribution is 5.85. The van der Waals surface area contributed by atoms with Crippen LogP contribution in [0.15, 0.2) is 18.5 Å². The van der Waals surface area contributed by atoms with E-state index in [1.165, 1.54) is 6.08 Å². The lowest BCUT2D eigenvalue weighted by atomic mass is 9.96. The van der Waals surface area contributed by atoms with Gasteiger partial charge in [-0.15, -0.1) is 0 Å². The molecule has 1 saturated heterocycles. The summed E-state index contributed by atoms with van der Waals surface area (Å²) in [4.78, 5) is 21.1. The molecule has 1 aliphatic heterocycles. The average molecular weight is 277 g/mol. The van der Waals surface area contributed by atoms with Crippen molar-refractivity contribution in [1.82, 2.24) is 9.97 Å². The van der Waals surface area contributed by atoms with Crippen molar-refractivity contribution in [3.05, 3.63) is 24.0 Å². The van der Waals surface area contributed by atoms with Crippen molar-refractivity contribution in [2.45, 2.75) is 19.4 Å². The van der Waals surface area contributed by atoms with Gasteiger partial charge in [-0.25, -0.2) is 14.8 Å². The Hall–Kier alpha value is -1.95. The number of nitrogens with zero attached hydrogens (tertiary/aromatic N) is 3. The van der Waals surface area contributed by atoms with Crippen LogP contribution in [-0.2, 0) is 9.53 Å². The molecular formula is C14H19N3O3. The Bertz CT molecular complexity index is 487. The maximum absolute atomic E-state index is 10.4. The van der Waals surface area contributed by atoms with Gasteiger partial charge >= 0.3 is 5.97 Å². The first-order valence-electron chi connectivity index (χ1n) is 6.61. The molecule has 2 heterocycles. The molecule has 1 aromatic rings. The van der Waals surface area contributed by atoms with Gasteiger partial charge < -0.3 is 14.7 Å². The number of anilines is 1. The summed E-state index contributed by atoms with van der Waals surface area (Å²) in [6, 6.07) is 0. The van der Waals surface area contributed by atoms with Gasteiger partial charge in [0.2, 0.25) is 5.95 Å². The van der Waals surface area contributed by atoms with E-state index in [1.54, 1.807) is 19.5 Å². The zero-order valence-corrected chi connectivity index (χ0v) is 11.7. The number of aliphatic carboxylic acids is 1. The fourth-order valence-corrected chi connectivity index (χ4v) is 2.27. The molecule has 2 unspecified atom stereocenters. The largest absolute Gasteiger partial charge is 0.478 e. The molecule has 6 nitrogen and oxygen atoms in total. The highest BCUT2D eigenvalue weighted by Gasteiger charge is 2.27. The number of ether oxygens (including phenoxy) is 1. The van der Waals surface area contributed by atoms with Gasteiger partial charge in [0.1, 0.15) is 0 Å². The van der Waals surface area contributed by atoms with E-state index in [-0.39, 0.29) is 6.10 Å². The van der Waals surface area contributed by atoms with Crippen LogP contribution in [-0.4, -0.2) is 47.3 Å². The van der Waals surface area contributed by atoms with E-state index in [9.17, 15) is 4.79 Å². The summed E-state index contributed by atoms with van der Waals surface area (Å²) in [7, 11) is 1.73. The maximum Gasteiger partial charge on any atom is 0.328 e. The van der Waals surface area contributed by atoms with Gasteiger partial charge in [0.05, 0.1) is 6.10 Å². The Morgan fingerprint density at radius 3 is 2.80 bits per heavy atom. The van der Waals surface area contributed by atoms with Crippen molar-refractivity contribution in [3.8, 4) is 0 Å². The van der Waals surface area contributed by atoms with Gasteiger partial charge in [-0.1, -0.05) is 6.92 Å². The zero-order valence-electron chi connectivity index (χ0n) is 11.7. The molecule has 1 N–H and O–H groups in total. The van der Waals surface area contributed by atoms with Crippen molar-refractivity contribution < 1.29 is 14.6 Å². The molecule has 20 heavy (non-hydrogen) atoms. The number of methoxy groups -OCH3 is 1. The second-order valence-corrected chi connectivity index (χ2v) is 4.97. The first-order valence-corrected chi connectivity index (χ1v) is 6.61. The molecule has 1 aromatic heterocycles. The number of rotatable bonds is 4. The number of carboxylic acids is 1. The molecule has 0 aliphatic carbocycles. The van der Waals surface area contributed by atoms with E-state index in [4.69, 9.17) is 9.84 Å². The third-order valence-corrected chi connectivity index (χ3v) is 3.55. The lowest BCUT2D eigenvalue weighted by molar-refractivity contribution is -0.131. The minimum absolute atomic E-state index is 0.193. The van der Waals surface area contributed by atoms with Crippen LogP contribution < -0.4 is 4.90 Å². The van der Waals surface area contributed by atoms with E-state index < -0.39 is 5.97 Å². The molecule has 6 heteroatoms. The normalized spacial score (nSPS) is 23.2. The monoisotopic (exact) mass is 277 g/mol. The highest BCUT2D eigenvalue weighted by Crippen LogP contribution is 2.22. The topological polar surface area (TPSA) is 75.5 Å². The number of hydrogen-bond acceptors (Lipinski definition) is 5. The van der Waals surface area contributed by atoms with Crippen LogP contribution in [0, 0.1) is 5.92 Å². The molecule has 0 bridgehead atoms. The average Bonchev–Trinajstić information content (AvgIpc) is 2.46. The predicted octanol–water partition coefficient (Wildman–Crippen LogP) is 1.44. The summed E-state index contributed by atoms with van der Waals surface area (Å²) in [5.74, 6) is 0.211. The quantitative estimate of drug-likeness (QED) is 0.839. The predicted molar refractivity (Wildman–Crippen MR) is 75.5 cm³/mol. The molecule has 2 rings (SSSR count). The molecule has 1 aliphatic rings. The van der Waals surface area contributed by atoms with E-state index in [0.29, 0.717) is 17.4 Å². The molecule has 0 spiro atoms. The first-order chi connectivity index (χ1) is 9.60. The molecule has 0 amide bonds. The van der Waals surface area contributed by atoms with Crippen LogP contribution in [0.5, 0.6) is 0 Å². The van der Waals surface area contributed by atoms with Gasteiger partial charge in [-0.05, 0) is 18.4 Å². The number of carboxylic acid groups (broad SMARTS) is 1. The van der Waals surface area contributed by atoms with E-state index in [1.807, 2.05) is 0 Å². The summed E-state index contributed by atoms with van der Waals surface area (Å²) < 4.78 is 5.47. The number of aromatic nitrogens is 2. The third kappa shape index (κ3) is 3.54. The van der Waals surface area contributed by atoms with Crippen molar-refractivity contribution in [3.63, 3.8) is 0 Å². The molecular weight excluding hydrogens is 258 g/mol. The fourth-order valence-electron chi connectivity index (χ4n) is 2.27. The Labute approximate surface area is 118 Å². The second-order valence-electron chi connectivity index (χ2n) is 4.97. The molecule has 1 fully saturated rings. The molecule has 108 valence electrons. The van der Waals surface area contributed by atoms with Crippen LogP contribution in [0.3, 0.4) is 0 Å². The summed E-state index contributed by atoms with van der Waals surface area (Å²) in [6.07, 6.45) is 7.04. The van der Waals surface area contributed by atoms with Crippen LogP contribution >= 0.6 is 0 Å². The minimum Gasteiger partial charge on any atom is -0.478 e. The summed E-state index contributed by atoms with van der Waals surface area (Å²) in [5, 5.41) is 8.56. The fraction of sp³-hybridized carbons (Fsp3) is 0.500. The third-order valence-electron chi connectivity index (χ3n) is 3.55. The van der Waals surface area contributed by atoms with Crippen molar-refractivity contribution >= 4 is 18.0 Å². The van der Waals surface area contributed by atoms with Gasteiger partial charge in [-0.2, -0.15) is 0 Å². The Balaban J connectivity index is 2.04. The summed E-state index contributed by atoms with van der Waals surface area (Å²) in [5.41, 5.74) is 0.671. The van der Waals surface area contributed by atoms with Crippen molar-refractivity contribution in [2.75, 3.05) is 25.1 Å². The second kappa shape index (κ2) is 6.47. The van der Waals surface area contributed by atoms with Gasteiger partial charge in [-0.3, -0.25) is 0 Å². The Morgan fingerprint density at radius 2 is 2.20 bits per heavy atom. The zero-order chi connectivity index (χ0) is 14.5. The van der Waals surface area contributed by atoms with Crippen LogP contribution in [0.2, 0.25) is 0 Å². The Morgan fingerprint density at radius 1 is 1.50 bits per heavy atom. The van der Waals surface area contributed by atoms with Gasteiger partial charge in [0.15, 0.2) is 0 Å². The number of piperidine rings is 1. The van der Waals surface area contributed by atoms with E-state index >= 15 is 0 Å². The minimum atomic E-state index is -0.984. The van der Waals surface area contributed by atoms with Gasteiger partial charge in [0, 0.05) is 44.2 Å². The molecule has 0 aromatic carbocycles. The summed E-state index contributed by atoms with van der Waals surface area (Å²) >= 11 is 0. The first kappa shape index (κ1) is 14.5. The highest BCUT2D eigenvalue weighted by atomic mass is 16.5. The number of hydrogen-bond donors (Lipinski definition) is 1. The van der Waals surface area contributed by atoms with Crippen LogP contribution in [0.1, 0.15) is 18.9 Å². The smallest absolute Gasteiger partial charge is 0.328 e. The molecule has 2 atom stereocenters. The van der Waals surface area contributed by atoms with Crippen molar-refractivity contribution in [1.29, 1.82) is 0 Å². The van der Waals surface area contributed by atoms with Gasteiger partial charge in [0.25, 0.3) is 0 Å². The molecule has 0 radical (unpaired) electrons. The maximum atomic E-state index is 10.4. The lowest BCUT2D eigenvalue weighted by Crippen LogP contribution is -2.44. The summed E-state index contributed by atoms with van der Waals surface area (Å²) in [6.45, 7) is 3.87.